The number of fused-ring (bicyclic) bond motifs is 1. The molecule has 0 atom stereocenters. The van der Waals surface area contributed by atoms with Gasteiger partial charge < -0.3 is 9.39 Å². The quantitative estimate of drug-likeness (QED) is 0.258. The number of hydrogen-bond acceptors (Lipinski definition) is 6. The molecule has 0 aliphatic heterocycles. The highest BCUT2D eigenvalue weighted by molar-refractivity contribution is 7.80. The summed E-state index contributed by atoms with van der Waals surface area (Å²) < 4.78 is 27.3. The minimum absolute atomic E-state index is 0.0525. The second kappa shape index (κ2) is 12.7. The molecule has 3 rings (SSSR count). The number of carbonyl (C=O) groups excluding carboxylic acids is 1. The van der Waals surface area contributed by atoms with Crippen molar-refractivity contribution in [3.05, 3.63) is 63.8 Å². The minimum atomic E-state index is -0.605. The predicted octanol–water partition coefficient (Wildman–Crippen LogP) is 5.27. The first kappa shape index (κ1) is 30.6. The van der Waals surface area contributed by atoms with Crippen molar-refractivity contribution in [1.82, 2.24) is 9.78 Å². The third-order valence-corrected chi connectivity index (χ3v) is 6.19. The minimum Gasteiger partial charge on any atom is -0.461 e. The van der Waals surface area contributed by atoms with Crippen molar-refractivity contribution in [3.8, 4) is 5.69 Å². The zero-order valence-corrected chi connectivity index (χ0v) is 23.9. The lowest BCUT2D eigenvalue weighted by molar-refractivity contribution is -0.142. The molecule has 0 aliphatic carbocycles. The molecule has 0 N–H and O–H groups in total. The molecule has 1 heterocycles. The largest absolute Gasteiger partial charge is 0.461 e. The van der Waals surface area contributed by atoms with E-state index in [4.69, 9.17) is 9.39 Å². The maximum Gasteiger partial charge on any atom is 0.331 e. The number of benzene rings is 2. The van der Waals surface area contributed by atoms with Crippen LogP contribution in [0.3, 0.4) is 0 Å². The molecule has 0 fully saturated rings. The first-order valence-corrected chi connectivity index (χ1v) is 13.0. The first-order chi connectivity index (χ1) is 17.3. The third kappa shape index (κ3) is 7.92. The number of ether oxygens (including phenoxy) is 1. The lowest BCUT2D eigenvalue weighted by atomic mass is 9.82. The van der Waals surface area contributed by atoms with Gasteiger partial charge in [-0.25, -0.2) is 4.39 Å². The molecule has 1 aromatic heterocycles. The molecule has 0 bridgehead atoms. The van der Waals surface area contributed by atoms with Crippen LogP contribution in [0, 0.1) is 5.82 Å². The Kier molecular flexibility index (Phi) is 10.5. The topological polar surface area (TPSA) is 70.4 Å². The third-order valence-electron chi connectivity index (χ3n) is 5.43. The monoisotopic (exact) mass is 527 g/mol. The second-order valence-corrected chi connectivity index (χ2v) is 10.8. The summed E-state index contributed by atoms with van der Waals surface area (Å²) in [5.74, 6) is -0.604. The summed E-state index contributed by atoms with van der Waals surface area (Å²) in [5, 5.41) is 4.70. The fourth-order valence-electron chi connectivity index (χ4n) is 3.33. The number of carbonyl (C=O) groups is 1. The van der Waals surface area contributed by atoms with Gasteiger partial charge in [0, 0.05) is 23.6 Å². The summed E-state index contributed by atoms with van der Waals surface area (Å²) in [4.78, 5) is 24.9. The van der Waals surface area contributed by atoms with Crippen LogP contribution in [0.25, 0.3) is 16.5 Å². The van der Waals surface area contributed by atoms with Crippen molar-refractivity contribution in [2.24, 2.45) is 0 Å². The predicted molar refractivity (Wildman–Crippen MR) is 152 cm³/mol. The van der Waals surface area contributed by atoms with Gasteiger partial charge in [-0.05, 0) is 48.5 Å². The lowest BCUT2D eigenvalue weighted by Gasteiger charge is -2.24. The molecule has 0 amide bonds. The Morgan fingerprint density at radius 1 is 1.16 bits per heavy atom. The molecular weight excluding hydrogens is 490 g/mol. The smallest absolute Gasteiger partial charge is 0.331 e. The number of halogens is 1. The van der Waals surface area contributed by atoms with Gasteiger partial charge in [0.2, 0.25) is 0 Å². The Bertz CT molecular complexity index is 1300. The molecular formula is C28H37BFN2O4S. The van der Waals surface area contributed by atoms with Gasteiger partial charge in [-0.15, -0.1) is 0 Å². The number of aromatic nitrogens is 2. The van der Waals surface area contributed by atoms with Crippen LogP contribution in [0.2, 0.25) is 0 Å². The summed E-state index contributed by atoms with van der Waals surface area (Å²) in [6.45, 7) is 15.1. The van der Waals surface area contributed by atoms with E-state index in [0.29, 0.717) is 27.9 Å². The van der Waals surface area contributed by atoms with Crippen LogP contribution < -0.4 is 11.0 Å². The van der Waals surface area contributed by atoms with Crippen LogP contribution in [0.15, 0.2) is 41.3 Å². The van der Waals surface area contributed by atoms with Gasteiger partial charge in [-0.3, -0.25) is 9.59 Å². The molecule has 199 valence electrons. The van der Waals surface area contributed by atoms with Gasteiger partial charge in [-0.2, -0.15) is 22.4 Å². The Morgan fingerprint density at radius 2 is 1.81 bits per heavy atom. The maximum absolute atomic E-state index is 15.1. The fraction of sp³-hybridized carbons (Fsp3) is 0.464. The van der Waals surface area contributed by atoms with E-state index in [9.17, 15) is 9.59 Å². The van der Waals surface area contributed by atoms with Crippen molar-refractivity contribution in [2.75, 3.05) is 5.75 Å². The van der Waals surface area contributed by atoms with Gasteiger partial charge in [0.1, 0.15) is 12.4 Å². The Hall–Kier alpha value is -2.65. The molecule has 3 aromatic rings. The van der Waals surface area contributed by atoms with Crippen LogP contribution >= 0.6 is 12.6 Å². The fourth-order valence-corrected chi connectivity index (χ4v) is 3.41. The molecule has 0 saturated carbocycles. The number of rotatable bonds is 7. The van der Waals surface area contributed by atoms with Gasteiger partial charge in [-0.1, -0.05) is 53.2 Å². The van der Waals surface area contributed by atoms with Gasteiger partial charge in [0.15, 0.2) is 0 Å². The average Bonchev–Trinajstić information content (AvgIpc) is 2.81. The second-order valence-electron chi connectivity index (χ2n) is 10.5. The van der Waals surface area contributed by atoms with Gasteiger partial charge in [0.05, 0.1) is 22.9 Å². The molecule has 9 heteroatoms. The van der Waals surface area contributed by atoms with E-state index >= 15 is 4.39 Å². The van der Waals surface area contributed by atoms with E-state index in [2.05, 4.69) is 31.6 Å². The van der Waals surface area contributed by atoms with Crippen LogP contribution in [0.4, 0.5) is 4.39 Å². The van der Waals surface area contributed by atoms with Crippen molar-refractivity contribution >= 4 is 42.3 Å². The van der Waals surface area contributed by atoms with Crippen molar-refractivity contribution < 1.29 is 18.6 Å². The van der Waals surface area contributed by atoms with Crippen LogP contribution in [0.1, 0.15) is 72.9 Å². The normalized spacial score (nSPS) is 11.6. The maximum atomic E-state index is 15.1. The van der Waals surface area contributed by atoms with Gasteiger partial charge >= 0.3 is 13.5 Å². The Labute approximate surface area is 225 Å². The van der Waals surface area contributed by atoms with E-state index < -0.39 is 22.9 Å². The summed E-state index contributed by atoms with van der Waals surface area (Å²) in [7, 11) is 1.54. The average molecular weight is 527 g/mol. The highest BCUT2D eigenvalue weighted by atomic mass is 32.1. The number of esters is 1. The lowest BCUT2D eigenvalue weighted by Crippen LogP contribution is -2.35. The molecule has 0 saturated heterocycles. The summed E-state index contributed by atoms with van der Waals surface area (Å²) >= 11 is 4.30. The summed E-state index contributed by atoms with van der Waals surface area (Å²) in [6.07, 6.45) is 2.72. The molecule has 37 heavy (non-hydrogen) atoms. The molecule has 0 unspecified atom stereocenters. The van der Waals surface area contributed by atoms with Gasteiger partial charge in [0.25, 0.3) is 5.56 Å². The van der Waals surface area contributed by atoms with E-state index in [1.807, 2.05) is 34.6 Å². The molecule has 0 aliphatic rings. The number of thiol groups is 1. The zero-order valence-electron chi connectivity index (χ0n) is 23.0. The SMILES string of the molecule is CC(=O)OCc1c([B]OC(C)(C)CS)cccc1-n1ncc2cc(C(C)(C)C)cc(F)c2c1=O.CCC. The van der Waals surface area contributed by atoms with E-state index in [1.165, 1.54) is 25.6 Å². The molecule has 1 radical (unpaired) electrons. The molecule has 2 aromatic carbocycles. The van der Waals surface area contributed by atoms with Crippen molar-refractivity contribution in [2.45, 2.75) is 79.4 Å². The van der Waals surface area contributed by atoms with Crippen molar-refractivity contribution in [3.63, 3.8) is 0 Å². The standard InChI is InChI=1S/C25H29BFN2O4S.C3H8/c1-15(30)32-13-18-19(26-33-25(5,6)14-34)8-7-9-21(18)29-23(31)22-16(12-28-29)10-17(11-20(22)27)24(2,3)4;1-3-2/h7-12,34H,13-14H2,1-6H3;3H2,1-2H3. The number of hydrogen-bond donors (Lipinski definition) is 1. The molecule has 6 nitrogen and oxygen atoms in total. The van der Waals surface area contributed by atoms with Crippen LogP contribution in [-0.4, -0.2) is 34.6 Å². The number of nitrogens with zero attached hydrogens (tertiary/aromatic N) is 2. The Balaban J connectivity index is 0.00000153. The van der Waals surface area contributed by atoms with Crippen molar-refractivity contribution in [1.29, 1.82) is 0 Å². The van der Waals surface area contributed by atoms with E-state index in [-0.39, 0.29) is 17.4 Å². The van der Waals surface area contributed by atoms with E-state index in [0.717, 1.165) is 10.2 Å². The summed E-state index contributed by atoms with van der Waals surface area (Å²) in [5.41, 5.74) is 0.823. The highest BCUT2D eigenvalue weighted by Crippen LogP contribution is 2.27. The molecule has 0 spiro atoms. The zero-order chi connectivity index (χ0) is 28.0. The highest BCUT2D eigenvalue weighted by Gasteiger charge is 2.22. The Morgan fingerprint density at radius 3 is 2.38 bits per heavy atom. The first-order valence-electron chi connectivity index (χ1n) is 12.3. The van der Waals surface area contributed by atoms with E-state index in [1.54, 1.807) is 31.7 Å². The van der Waals surface area contributed by atoms with Crippen LogP contribution in [0.5, 0.6) is 0 Å². The van der Waals surface area contributed by atoms with Crippen LogP contribution in [-0.2, 0) is 26.2 Å². The summed E-state index contributed by atoms with van der Waals surface area (Å²) in [6, 6.07) is 8.35.